The van der Waals surface area contributed by atoms with Crippen molar-refractivity contribution < 1.29 is 4.74 Å². The lowest BCUT2D eigenvalue weighted by atomic mass is 10.2. The average molecular weight is 375 g/mol. The minimum Gasteiger partial charge on any atom is -0.494 e. The molecule has 0 aromatic heterocycles. The highest BCUT2D eigenvalue weighted by Gasteiger charge is 2.09. The van der Waals surface area contributed by atoms with Crippen LogP contribution in [0.3, 0.4) is 0 Å². The third-order valence-electron chi connectivity index (χ3n) is 2.78. The molecule has 1 N–H and O–H groups in total. The topological polar surface area (TPSA) is 21.3 Å². The number of anilines is 1. The quantitative estimate of drug-likeness (QED) is 0.671. The maximum absolute atomic E-state index is 6.21. The Hall–Kier alpha value is -0.900. The van der Waals surface area contributed by atoms with Crippen molar-refractivity contribution in [2.75, 3.05) is 11.9 Å². The second-order valence-corrected chi connectivity index (χ2v) is 5.73. The van der Waals surface area contributed by atoms with Crippen molar-refractivity contribution in [1.82, 2.24) is 0 Å². The molecule has 0 aliphatic heterocycles. The zero-order chi connectivity index (χ0) is 14.5. The number of rotatable bonds is 5. The maximum Gasteiger partial charge on any atom is 0.124 e. The smallest absolute Gasteiger partial charge is 0.124 e. The van der Waals surface area contributed by atoms with Crippen molar-refractivity contribution in [3.8, 4) is 5.75 Å². The molecule has 0 radical (unpaired) electrons. The zero-order valence-electron chi connectivity index (χ0n) is 10.9. The van der Waals surface area contributed by atoms with Gasteiger partial charge in [-0.3, -0.25) is 0 Å². The summed E-state index contributed by atoms with van der Waals surface area (Å²) in [6.45, 7) is 3.23. The van der Waals surface area contributed by atoms with E-state index in [4.69, 9.17) is 27.9 Å². The molecule has 0 heterocycles. The van der Waals surface area contributed by atoms with Crippen LogP contribution in [0.5, 0.6) is 5.75 Å². The molecule has 0 saturated heterocycles. The molecule has 2 nitrogen and oxygen atoms in total. The van der Waals surface area contributed by atoms with Crippen molar-refractivity contribution in [1.29, 1.82) is 0 Å². The first kappa shape index (κ1) is 15.5. The molecular weight excluding hydrogens is 361 g/mol. The van der Waals surface area contributed by atoms with E-state index < -0.39 is 0 Å². The van der Waals surface area contributed by atoms with Crippen molar-refractivity contribution in [2.24, 2.45) is 0 Å². The summed E-state index contributed by atoms with van der Waals surface area (Å²) in [6.07, 6.45) is 0. The van der Waals surface area contributed by atoms with Crippen molar-refractivity contribution in [2.45, 2.75) is 13.5 Å². The summed E-state index contributed by atoms with van der Waals surface area (Å²) in [5.41, 5.74) is 1.87. The van der Waals surface area contributed by atoms with Crippen LogP contribution in [0.25, 0.3) is 0 Å². The number of para-hydroxylation sites is 1. The summed E-state index contributed by atoms with van der Waals surface area (Å²) in [5, 5.41) is 4.30. The standard InChI is InChI=1S/C15H14BrCl2NO/c1-2-20-13-6-4-3-5-10(13)9-19-12-8-7-11(16)14(17)15(12)18/h3-8,19H,2,9H2,1H3. The highest BCUT2D eigenvalue weighted by Crippen LogP contribution is 2.36. The van der Waals surface area contributed by atoms with E-state index in [1.807, 2.05) is 43.3 Å². The van der Waals surface area contributed by atoms with E-state index in [1.165, 1.54) is 0 Å². The number of nitrogens with one attached hydrogen (secondary N) is 1. The van der Waals surface area contributed by atoms with Gasteiger partial charge in [0.15, 0.2) is 0 Å². The Bertz CT molecular complexity index is 604. The Balaban J connectivity index is 2.15. The van der Waals surface area contributed by atoms with E-state index >= 15 is 0 Å². The van der Waals surface area contributed by atoms with Crippen LogP contribution in [0.2, 0.25) is 10.0 Å². The monoisotopic (exact) mass is 373 g/mol. The molecule has 0 saturated carbocycles. The molecule has 5 heteroatoms. The van der Waals surface area contributed by atoms with Gasteiger partial charge >= 0.3 is 0 Å². The fraction of sp³-hybridized carbons (Fsp3) is 0.200. The number of hydrogen-bond donors (Lipinski definition) is 1. The average Bonchev–Trinajstić information content (AvgIpc) is 2.46. The van der Waals surface area contributed by atoms with Crippen LogP contribution in [0.15, 0.2) is 40.9 Å². The molecule has 0 aliphatic rings. The van der Waals surface area contributed by atoms with Gasteiger partial charge in [-0.15, -0.1) is 0 Å². The summed E-state index contributed by atoms with van der Waals surface area (Å²) < 4.78 is 6.37. The molecule has 0 fully saturated rings. The van der Waals surface area contributed by atoms with Gasteiger partial charge in [-0.2, -0.15) is 0 Å². The lowest BCUT2D eigenvalue weighted by Gasteiger charge is -2.13. The largest absolute Gasteiger partial charge is 0.494 e. The van der Waals surface area contributed by atoms with Crippen molar-refractivity contribution in [3.63, 3.8) is 0 Å². The van der Waals surface area contributed by atoms with Gasteiger partial charge in [0.2, 0.25) is 0 Å². The lowest BCUT2D eigenvalue weighted by Crippen LogP contribution is -2.03. The third kappa shape index (κ3) is 3.60. The second-order valence-electron chi connectivity index (χ2n) is 4.12. The molecule has 0 unspecified atom stereocenters. The molecule has 0 aliphatic carbocycles. The summed E-state index contributed by atoms with van der Waals surface area (Å²) in [5.74, 6) is 0.877. The summed E-state index contributed by atoms with van der Waals surface area (Å²) >= 11 is 15.7. The molecule has 20 heavy (non-hydrogen) atoms. The predicted octanol–water partition coefficient (Wildman–Crippen LogP) is 5.77. The minimum absolute atomic E-state index is 0.509. The van der Waals surface area contributed by atoms with E-state index in [1.54, 1.807) is 0 Å². The van der Waals surface area contributed by atoms with E-state index in [0.717, 1.165) is 21.5 Å². The fourth-order valence-electron chi connectivity index (χ4n) is 1.80. The van der Waals surface area contributed by atoms with E-state index in [-0.39, 0.29) is 0 Å². The van der Waals surface area contributed by atoms with Crippen LogP contribution in [-0.4, -0.2) is 6.61 Å². The van der Waals surface area contributed by atoms with E-state index in [9.17, 15) is 0 Å². The Labute approximate surface area is 137 Å². The molecule has 0 atom stereocenters. The maximum atomic E-state index is 6.21. The van der Waals surface area contributed by atoms with Gasteiger partial charge in [0.1, 0.15) is 5.75 Å². The number of benzene rings is 2. The summed E-state index contributed by atoms with van der Waals surface area (Å²) in [6, 6.07) is 11.7. The normalized spacial score (nSPS) is 10.4. The van der Waals surface area contributed by atoms with Gasteiger partial charge in [0, 0.05) is 16.6 Å². The molecule has 0 bridgehead atoms. The molecule has 2 rings (SSSR count). The SMILES string of the molecule is CCOc1ccccc1CNc1ccc(Br)c(Cl)c1Cl. The Kier molecular flexibility index (Phi) is 5.58. The highest BCUT2D eigenvalue weighted by atomic mass is 79.9. The molecule has 0 spiro atoms. The van der Waals surface area contributed by atoms with Gasteiger partial charge < -0.3 is 10.1 Å². The number of halogens is 3. The summed E-state index contributed by atoms with van der Waals surface area (Å²) in [4.78, 5) is 0. The van der Waals surface area contributed by atoms with Crippen molar-refractivity contribution >= 4 is 44.8 Å². The first-order valence-corrected chi connectivity index (χ1v) is 7.76. The van der Waals surface area contributed by atoms with Gasteiger partial charge in [-0.25, -0.2) is 0 Å². The van der Waals surface area contributed by atoms with Gasteiger partial charge in [-0.1, -0.05) is 41.4 Å². The first-order chi connectivity index (χ1) is 9.63. The molecule has 0 amide bonds. The zero-order valence-corrected chi connectivity index (χ0v) is 14.0. The number of hydrogen-bond acceptors (Lipinski definition) is 2. The van der Waals surface area contributed by atoms with Gasteiger partial charge in [0.05, 0.1) is 22.3 Å². The first-order valence-electron chi connectivity index (χ1n) is 6.21. The third-order valence-corrected chi connectivity index (χ3v) is 4.55. The molecular formula is C15H14BrCl2NO. The van der Waals surface area contributed by atoms with Crippen LogP contribution in [0.4, 0.5) is 5.69 Å². The molecule has 106 valence electrons. The van der Waals surface area contributed by atoms with Crippen LogP contribution >= 0.6 is 39.1 Å². The number of ether oxygens (including phenoxy) is 1. The van der Waals surface area contributed by atoms with Crippen LogP contribution < -0.4 is 10.1 Å². The summed E-state index contributed by atoms with van der Waals surface area (Å²) in [7, 11) is 0. The lowest BCUT2D eigenvalue weighted by molar-refractivity contribution is 0.337. The Morgan fingerprint density at radius 3 is 2.60 bits per heavy atom. The van der Waals surface area contributed by atoms with Crippen molar-refractivity contribution in [3.05, 3.63) is 56.5 Å². The van der Waals surface area contributed by atoms with Crippen LogP contribution in [0, 0.1) is 0 Å². The Morgan fingerprint density at radius 2 is 1.85 bits per heavy atom. The Morgan fingerprint density at radius 1 is 1.10 bits per heavy atom. The van der Waals surface area contributed by atoms with Crippen LogP contribution in [-0.2, 0) is 6.54 Å². The van der Waals surface area contributed by atoms with E-state index in [0.29, 0.717) is 23.2 Å². The highest BCUT2D eigenvalue weighted by molar-refractivity contribution is 9.10. The fourth-order valence-corrected chi connectivity index (χ4v) is 2.64. The van der Waals surface area contributed by atoms with Gasteiger partial charge in [0.25, 0.3) is 0 Å². The van der Waals surface area contributed by atoms with Crippen LogP contribution in [0.1, 0.15) is 12.5 Å². The second kappa shape index (κ2) is 7.21. The molecule has 2 aromatic rings. The minimum atomic E-state index is 0.509. The van der Waals surface area contributed by atoms with Gasteiger partial charge in [-0.05, 0) is 41.1 Å². The molecule has 2 aromatic carbocycles. The predicted molar refractivity (Wildman–Crippen MR) is 89.1 cm³/mol. The van der Waals surface area contributed by atoms with E-state index in [2.05, 4.69) is 21.2 Å².